The second-order valence-corrected chi connectivity index (χ2v) is 9.50. The standard InChI is InChI=1S/C24H31N3O3/c1-15(2)30-23(28)12-17-10-19-18-9-16(13-25)5-6-20(18)27(21(19)11-17)14-22-24(3,29)7-8-26(22)4/h5-6,9,15,17,22,29H,7-8,10-12,14H2,1-4H3/t17-,22-,24+/m0/s1. The molecule has 1 aliphatic carbocycles. The highest BCUT2D eigenvalue weighted by molar-refractivity contribution is 5.87. The summed E-state index contributed by atoms with van der Waals surface area (Å²) < 4.78 is 7.68. The van der Waals surface area contributed by atoms with Crippen LogP contribution in [0.25, 0.3) is 10.9 Å². The summed E-state index contributed by atoms with van der Waals surface area (Å²) >= 11 is 0. The highest BCUT2D eigenvalue weighted by atomic mass is 16.5. The van der Waals surface area contributed by atoms with Gasteiger partial charge >= 0.3 is 5.97 Å². The molecule has 0 spiro atoms. The third kappa shape index (κ3) is 3.73. The molecule has 1 fully saturated rings. The maximum Gasteiger partial charge on any atom is 0.306 e. The Hall–Kier alpha value is -2.36. The molecule has 3 atom stereocenters. The highest BCUT2D eigenvalue weighted by Gasteiger charge is 2.42. The number of rotatable bonds is 5. The van der Waals surface area contributed by atoms with Gasteiger partial charge in [0.2, 0.25) is 0 Å². The normalized spacial score (nSPS) is 26.3. The zero-order chi connectivity index (χ0) is 21.6. The summed E-state index contributed by atoms with van der Waals surface area (Å²) in [6, 6.07) is 8.13. The second-order valence-electron chi connectivity index (χ2n) is 9.50. The Balaban J connectivity index is 1.69. The Morgan fingerprint density at radius 2 is 2.17 bits per heavy atom. The smallest absolute Gasteiger partial charge is 0.306 e. The number of fused-ring (bicyclic) bond motifs is 3. The molecule has 30 heavy (non-hydrogen) atoms. The largest absolute Gasteiger partial charge is 0.463 e. The number of nitriles is 1. The molecule has 1 aliphatic heterocycles. The summed E-state index contributed by atoms with van der Waals surface area (Å²) in [6.45, 7) is 7.24. The number of esters is 1. The van der Waals surface area contributed by atoms with E-state index in [0.29, 0.717) is 18.5 Å². The fraction of sp³-hybridized carbons (Fsp3) is 0.583. The molecule has 2 aliphatic rings. The first-order valence-electron chi connectivity index (χ1n) is 10.9. The van der Waals surface area contributed by atoms with Crippen molar-refractivity contribution in [3.05, 3.63) is 35.0 Å². The molecule has 1 N–H and O–H groups in total. The van der Waals surface area contributed by atoms with Gasteiger partial charge in [0.25, 0.3) is 0 Å². The van der Waals surface area contributed by atoms with Crippen LogP contribution in [0.3, 0.4) is 0 Å². The van der Waals surface area contributed by atoms with Gasteiger partial charge < -0.3 is 14.4 Å². The zero-order valence-electron chi connectivity index (χ0n) is 18.3. The highest BCUT2D eigenvalue weighted by Crippen LogP contribution is 2.39. The van der Waals surface area contributed by atoms with Crippen LogP contribution < -0.4 is 0 Å². The molecule has 0 bridgehead atoms. The molecule has 0 amide bonds. The molecule has 6 nitrogen and oxygen atoms in total. The van der Waals surface area contributed by atoms with Gasteiger partial charge in [0.1, 0.15) is 0 Å². The van der Waals surface area contributed by atoms with Gasteiger partial charge in [-0.25, -0.2) is 0 Å². The van der Waals surface area contributed by atoms with E-state index in [0.717, 1.165) is 36.7 Å². The molecule has 0 saturated carbocycles. The van der Waals surface area contributed by atoms with Gasteiger partial charge in [-0.15, -0.1) is 0 Å². The van der Waals surface area contributed by atoms with E-state index in [1.165, 1.54) is 11.3 Å². The van der Waals surface area contributed by atoms with Crippen molar-refractivity contribution in [2.75, 3.05) is 13.6 Å². The van der Waals surface area contributed by atoms with E-state index < -0.39 is 5.60 Å². The Labute approximate surface area is 178 Å². The molecule has 1 aromatic heterocycles. The lowest BCUT2D eigenvalue weighted by molar-refractivity contribution is -0.148. The van der Waals surface area contributed by atoms with Crippen LogP contribution >= 0.6 is 0 Å². The van der Waals surface area contributed by atoms with Gasteiger partial charge in [-0.2, -0.15) is 5.26 Å². The summed E-state index contributed by atoms with van der Waals surface area (Å²) in [6.07, 6.45) is 2.70. The van der Waals surface area contributed by atoms with Crippen molar-refractivity contribution in [1.29, 1.82) is 5.26 Å². The number of hydrogen-bond donors (Lipinski definition) is 1. The number of ether oxygens (including phenoxy) is 1. The Kier molecular flexibility index (Phi) is 5.37. The van der Waals surface area contributed by atoms with Crippen molar-refractivity contribution in [3.63, 3.8) is 0 Å². The van der Waals surface area contributed by atoms with Crippen LogP contribution in [0.2, 0.25) is 0 Å². The first kappa shape index (κ1) is 20.9. The van der Waals surface area contributed by atoms with Crippen molar-refractivity contribution in [1.82, 2.24) is 9.47 Å². The predicted molar refractivity (Wildman–Crippen MR) is 115 cm³/mol. The van der Waals surface area contributed by atoms with Crippen LogP contribution in [0.4, 0.5) is 0 Å². The fourth-order valence-electron chi connectivity index (χ4n) is 5.25. The first-order valence-corrected chi connectivity index (χ1v) is 10.9. The summed E-state index contributed by atoms with van der Waals surface area (Å²) in [5, 5.41) is 21.4. The van der Waals surface area contributed by atoms with E-state index in [9.17, 15) is 15.2 Å². The topological polar surface area (TPSA) is 78.5 Å². The minimum Gasteiger partial charge on any atom is -0.463 e. The lowest BCUT2D eigenvalue weighted by Gasteiger charge is -2.30. The number of carbonyl (C=O) groups is 1. The van der Waals surface area contributed by atoms with Crippen LogP contribution in [0.1, 0.15) is 50.4 Å². The maximum absolute atomic E-state index is 12.2. The van der Waals surface area contributed by atoms with Crippen molar-refractivity contribution in [3.8, 4) is 6.07 Å². The molecule has 0 unspecified atom stereocenters. The average molecular weight is 410 g/mol. The number of likely N-dealkylation sites (N-methyl/N-ethyl adjacent to an activating group) is 1. The van der Waals surface area contributed by atoms with Gasteiger partial charge in [-0.3, -0.25) is 9.69 Å². The number of nitrogens with zero attached hydrogens (tertiary/aromatic N) is 3. The summed E-state index contributed by atoms with van der Waals surface area (Å²) in [5.41, 5.74) is 3.50. The number of aliphatic hydroxyl groups is 1. The van der Waals surface area contributed by atoms with Crippen LogP contribution in [0.15, 0.2) is 18.2 Å². The van der Waals surface area contributed by atoms with Crippen molar-refractivity contribution in [2.45, 2.75) is 70.7 Å². The van der Waals surface area contributed by atoms with E-state index in [2.05, 4.69) is 22.6 Å². The van der Waals surface area contributed by atoms with E-state index >= 15 is 0 Å². The Bertz CT molecular complexity index is 1010. The average Bonchev–Trinajstić information content (AvgIpc) is 3.27. The summed E-state index contributed by atoms with van der Waals surface area (Å²) in [5.74, 6) is 0.0663. The van der Waals surface area contributed by atoms with Gasteiger partial charge in [-0.1, -0.05) is 0 Å². The molecular formula is C24H31N3O3. The lowest BCUT2D eigenvalue weighted by atomic mass is 9.96. The summed E-state index contributed by atoms with van der Waals surface area (Å²) in [7, 11) is 2.07. The molecule has 160 valence electrons. The molecule has 1 saturated heterocycles. The quantitative estimate of drug-likeness (QED) is 0.768. The van der Waals surface area contributed by atoms with Crippen molar-refractivity contribution in [2.24, 2.45) is 5.92 Å². The zero-order valence-corrected chi connectivity index (χ0v) is 18.3. The fourth-order valence-corrected chi connectivity index (χ4v) is 5.25. The Morgan fingerprint density at radius 1 is 1.40 bits per heavy atom. The monoisotopic (exact) mass is 409 g/mol. The Morgan fingerprint density at radius 3 is 2.80 bits per heavy atom. The van der Waals surface area contributed by atoms with Crippen molar-refractivity contribution >= 4 is 16.9 Å². The second kappa shape index (κ2) is 7.72. The minimum absolute atomic E-state index is 0.0257. The number of aromatic nitrogens is 1. The van der Waals surface area contributed by atoms with E-state index in [4.69, 9.17) is 4.74 Å². The van der Waals surface area contributed by atoms with Gasteiger partial charge in [0.05, 0.1) is 29.4 Å². The lowest BCUT2D eigenvalue weighted by Crippen LogP contribution is -2.44. The first-order chi connectivity index (χ1) is 14.2. The molecule has 2 aromatic rings. The summed E-state index contributed by atoms with van der Waals surface area (Å²) in [4.78, 5) is 14.5. The van der Waals surface area contributed by atoms with Crippen LogP contribution in [0.5, 0.6) is 0 Å². The number of carbonyl (C=O) groups excluding carboxylic acids is 1. The SMILES string of the molecule is CC(C)OC(=O)C[C@H]1Cc2c(n(C[C@@H]3N(C)CC[C@@]3(C)O)c3ccc(C#N)cc23)C1. The minimum atomic E-state index is -0.732. The van der Waals surface area contributed by atoms with E-state index in [-0.39, 0.29) is 24.0 Å². The molecule has 4 rings (SSSR count). The number of likely N-dealkylation sites (tertiary alicyclic amines) is 1. The van der Waals surface area contributed by atoms with E-state index in [1.54, 1.807) is 0 Å². The van der Waals surface area contributed by atoms with Crippen LogP contribution in [-0.4, -0.2) is 51.9 Å². The maximum atomic E-state index is 12.2. The number of hydrogen-bond acceptors (Lipinski definition) is 5. The third-order valence-corrected chi connectivity index (χ3v) is 6.79. The molecular weight excluding hydrogens is 378 g/mol. The van der Waals surface area contributed by atoms with E-state index in [1.807, 2.05) is 39.0 Å². The molecule has 2 heterocycles. The van der Waals surface area contributed by atoms with Crippen molar-refractivity contribution < 1.29 is 14.6 Å². The van der Waals surface area contributed by atoms with Crippen LogP contribution in [-0.2, 0) is 28.9 Å². The van der Waals surface area contributed by atoms with Gasteiger partial charge in [-0.05, 0) is 76.8 Å². The molecule has 1 aromatic carbocycles. The van der Waals surface area contributed by atoms with Gasteiger partial charge in [0, 0.05) is 36.1 Å². The van der Waals surface area contributed by atoms with Gasteiger partial charge in [0.15, 0.2) is 0 Å². The number of benzene rings is 1. The molecule has 0 radical (unpaired) electrons. The van der Waals surface area contributed by atoms with Crippen LogP contribution in [0, 0.1) is 17.2 Å². The third-order valence-electron chi connectivity index (χ3n) is 6.79. The predicted octanol–water partition coefficient (Wildman–Crippen LogP) is 3.02. The molecule has 6 heteroatoms.